The van der Waals surface area contributed by atoms with Gasteiger partial charge < -0.3 is 14.9 Å². The maximum Gasteiger partial charge on any atom is 0.307 e. The molecule has 0 amide bonds. The number of ether oxygens (including phenoxy) is 1. The first-order chi connectivity index (χ1) is 6.65. The highest BCUT2D eigenvalue weighted by Crippen LogP contribution is 2.32. The average Bonchev–Trinajstić information content (AvgIpc) is 2.44. The largest absolute Gasteiger partial charge is 0.508 e. The van der Waals surface area contributed by atoms with E-state index >= 15 is 0 Å². The van der Waals surface area contributed by atoms with Crippen molar-refractivity contribution >= 4 is 5.97 Å². The number of hydrogen-bond acceptors (Lipinski definition) is 3. The topological polar surface area (TPSA) is 66.8 Å². The standard InChI is InChI=1S/C10H10O4/c11-7-1-2-9-6(3-7)4-8(14-9)5-10(12)13/h1-3,8,11H,4-5H2,(H,12,13)/t8-/m1/s1. The minimum absolute atomic E-state index is 0.00452. The lowest BCUT2D eigenvalue weighted by atomic mass is 10.1. The average molecular weight is 194 g/mol. The number of carbonyl (C=O) groups is 1. The molecule has 1 aliphatic rings. The molecular formula is C10H10O4. The van der Waals surface area contributed by atoms with Crippen molar-refractivity contribution in [1.29, 1.82) is 0 Å². The Morgan fingerprint density at radius 3 is 3.07 bits per heavy atom. The minimum atomic E-state index is -0.868. The Hall–Kier alpha value is -1.71. The van der Waals surface area contributed by atoms with Crippen molar-refractivity contribution < 1.29 is 19.7 Å². The molecule has 0 bridgehead atoms. The molecule has 0 fully saturated rings. The maximum atomic E-state index is 10.4. The van der Waals surface area contributed by atoms with Crippen molar-refractivity contribution in [3.8, 4) is 11.5 Å². The van der Waals surface area contributed by atoms with Crippen LogP contribution in [-0.4, -0.2) is 22.3 Å². The predicted molar refractivity (Wildman–Crippen MR) is 48.5 cm³/mol. The van der Waals surface area contributed by atoms with Gasteiger partial charge in [-0.3, -0.25) is 4.79 Å². The third kappa shape index (κ3) is 1.64. The molecule has 14 heavy (non-hydrogen) atoms. The summed E-state index contributed by atoms with van der Waals surface area (Å²) in [5.41, 5.74) is 0.872. The first-order valence-electron chi connectivity index (χ1n) is 4.35. The van der Waals surface area contributed by atoms with Gasteiger partial charge in [0.05, 0.1) is 6.42 Å². The molecule has 2 N–H and O–H groups in total. The number of aromatic hydroxyl groups is 1. The molecule has 0 aromatic heterocycles. The van der Waals surface area contributed by atoms with Crippen molar-refractivity contribution in [2.75, 3.05) is 0 Å². The summed E-state index contributed by atoms with van der Waals surface area (Å²) >= 11 is 0. The van der Waals surface area contributed by atoms with Gasteiger partial charge in [0.15, 0.2) is 0 Å². The van der Waals surface area contributed by atoms with E-state index in [9.17, 15) is 9.90 Å². The molecule has 0 spiro atoms. The molecule has 74 valence electrons. The van der Waals surface area contributed by atoms with Gasteiger partial charge in [0, 0.05) is 12.0 Å². The van der Waals surface area contributed by atoms with Crippen LogP contribution in [0, 0.1) is 0 Å². The summed E-state index contributed by atoms with van der Waals surface area (Å²) in [5.74, 6) is -0.00981. The number of carboxylic acid groups (broad SMARTS) is 1. The second-order valence-corrected chi connectivity index (χ2v) is 3.33. The number of hydrogen-bond donors (Lipinski definition) is 2. The van der Waals surface area contributed by atoms with Crippen LogP contribution in [0.15, 0.2) is 18.2 Å². The lowest BCUT2D eigenvalue weighted by molar-refractivity contribution is -0.138. The summed E-state index contributed by atoms with van der Waals surface area (Å²) in [5, 5.41) is 17.8. The highest BCUT2D eigenvalue weighted by molar-refractivity contribution is 5.67. The van der Waals surface area contributed by atoms with Crippen LogP contribution in [0.3, 0.4) is 0 Å². The summed E-state index contributed by atoms with van der Waals surface area (Å²) < 4.78 is 5.38. The van der Waals surface area contributed by atoms with Crippen LogP contribution in [0.5, 0.6) is 11.5 Å². The van der Waals surface area contributed by atoms with Crippen LogP contribution in [0.4, 0.5) is 0 Å². The van der Waals surface area contributed by atoms with Crippen LogP contribution in [0.2, 0.25) is 0 Å². The predicted octanol–water partition coefficient (Wildman–Crippen LogP) is 1.17. The van der Waals surface area contributed by atoms with Crippen LogP contribution < -0.4 is 4.74 Å². The Morgan fingerprint density at radius 1 is 1.57 bits per heavy atom. The van der Waals surface area contributed by atoms with Crippen LogP contribution in [0.25, 0.3) is 0 Å². The number of rotatable bonds is 2. The molecule has 0 radical (unpaired) electrons. The Kier molecular flexibility index (Phi) is 2.04. The summed E-state index contributed by atoms with van der Waals surface area (Å²) in [7, 11) is 0. The molecule has 1 atom stereocenters. The van der Waals surface area contributed by atoms with Crippen LogP contribution in [0.1, 0.15) is 12.0 Å². The highest BCUT2D eigenvalue weighted by Gasteiger charge is 2.24. The van der Waals surface area contributed by atoms with Crippen molar-refractivity contribution in [2.45, 2.75) is 18.9 Å². The molecule has 2 rings (SSSR count). The Labute approximate surface area is 80.7 Å². The second-order valence-electron chi connectivity index (χ2n) is 3.33. The van der Waals surface area contributed by atoms with Gasteiger partial charge in [0.25, 0.3) is 0 Å². The van der Waals surface area contributed by atoms with E-state index in [-0.39, 0.29) is 18.3 Å². The molecule has 1 aromatic rings. The third-order valence-corrected chi connectivity index (χ3v) is 2.19. The van der Waals surface area contributed by atoms with Crippen molar-refractivity contribution in [3.05, 3.63) is 23.8 Å². The first kappa shape index (κ1) is 8.87. The Bertz CT molecular complexity index is 372. The minimum Gasteiger partial charge on any atom is -0.508 e. The summed E-state index contributed by atoms with van der Waals surface area (Å²) in [4.78, 5) is 10.4. The number of phenolic OH excluding ortho intramolecular Hbond substituents is 1. The van der Waals surface area contributed by atoms with Crippen molar-refractivity contribution in [1.82, 2.24) is 0 Å². The molecule has 1 heterocycles. The lowest BCUT2D eigenvalue weighted by Gasteiger charge is -2.06. The van der Waals surface area contributed by atoms with E-state index in [4.69, 9.17) is 9.84 Å². The monoisotopic (exact) mass is 194 g/mol. The number of aliphatic carboxylic acids is 1. The summed E-state index contributed by atoms with van der Waals surface area (Å²) in [6, 6.07) is 4.80. The number of carboxylic acids is 1. The zero-order valence-corrected chi connectivity index (χ0v) is 7.43. The fourth-order valence-electron chi connectivity index (χ4n) is 1.62. The van der Waals surface area contributed by atoms with E-state index in [0.29, 0.717) is 12.2 Å². The molecule has 4 heteroatoms. The first-order valence-corrected chi connectivity index (χ1v) is 4.35. The van der Waals surface area contributed by atoms with Crippen LogP contribution >= 0.6 is 0 Å². The molecule has 1 aromatic carbocycles. The van der Waals surface area contributed by atoms with E-state index in [1.54, 1.807) is 12.1 Å². The quantitative estimate of drug-likeness (QED) is 0.741. The fourth-order valence-corrected chi connectivity index (χ4v) is 1.62. The van der Waals surface area contributed by atoms with E-state index in [2.05, 4.69) is 0 Å². The van der Waals surface area contributed by atoms with Gasteiger partial charge in [0.2, 0.25) is 0 Å². The van der Waals surface area contributed by atoms with Gasteiger partial charge in [-0.25, -0.2) is 0 Å². The van der Waals surface area contributed by atoms with Crippen molar-refractivity contribution in [3.63, 3.8) is 0 Å². The Balaban J connectivity index is 2.14. The number of fused-ring (bicyclic) bond motifs is 1. The third-order valence-electron chi connectivity index (χ3n) is 2.19. The molecule has 0 aliphatic carbocycles. The summed E-state index contributed by atoms with van der Waals surface area (Å²) in [6.45, 7) is 0. The van der Waals surface area contributed by atoms with E-state index in [0.717, 1.165) is 5.56 Å². The fraction of sp³-hybridized carbons (Fsp3) is 0.300. The SMILES string of the molecule is O=C(O)C[C@H]1Cc2cc(O)ccc2O1. The van der Waals surface area contributed by atoms with Crippen molar-refractivity contribution in [2.24, 2.45) is 0 Å². The number of phenols is 1. The second kappa shape index (κ2) is 3.21. The smallest absolute Gasteiger partial charge is 0.307 e. The van der Waals surface area contributed by atoms with Gasteiger partial charge in [0.1, 0.15) is 17.6 Å². The zero-order valence-electron chi connectivity index (χ0n) is 7.43. The van der Waals surface area contributed by atoms with Gasteiger partial charge in [-0.2, -0.15) is 0 Å². The highest BCUT2D eigenvalue weighted by atomic mass is 16.5. The van der Waals surface area contributed by atoms with E-state index < -0.39 is 5.97 Å². The molecule has 1 aliphatic heterocycles. The molecule has 0 saturated carbocycles. The molecule has 0 saturated heterocycles. The normalized spacial score (nSPS) is 18.7. The van der Waals surface area contributed by atoms with E-state index in [1.165, 1.54) is 6.07 Å². The molecule has 4 nitrogen and oxygen atoms in total. The molecular weight excluding hydrogens is 184 g/mol. The maximum absolute atomic E-state index is 10.4. The Morgan fingerprint density at radius 2 is 2.36 bits per heavy atom. The van der Waals surface area contributed by atoms with Gasteiger partial charge in [-0.1, -0.05) is 0 Å². The molecule has 0 unspecified atom stereocenters. The lowest BCUT2D eigenvalue weighted by Crippen LogP contribution is -2.17. The summed E-state index contributed by atoms with van der Waals surface area (Å²) in [6.07, 6.45) is 0.246. The van der Waals surface area contributed by atoms with E-state index in [1.807, 2.05) is 0 Å². The number of benzene rings is 1. The van der Waals surface area contributed by atoms with Gasteiger partial charge in [-0.15, -0.1) is 0 Å². The van der Waals surface area contributed by atoms with Gasteiger partial charge >= 0.3 is 5.97 Å². The van der Waals surface area contributed by atoms with Gasteiger partial charge in [-0.05, 0) is 18.2 Å². The zero-order chi connectivity index (χ0) is 10.1. The van der Waals surface area contributed by atoms with Crippen LogP contribution in [-0.2, 0) is 11.2 Å².